The third-order valence-corrected chi connectivity index (χ3v) is 7.39. The first-order valence-corrected chi connectivity index (χ1v) is 14.8. The summed E-state index contributed by atoms with van der Waals surface area (Å²) in [5.74, 6) is 0.839. The Kier molecular flexibility index (Phi) is 15.3. The van der Waals surface area contributed by atoms with E-state index in [-0.39, 0.29) is 0 Å². The maximum absolute atomic E-state index is 10.9. The lowest BCUT2D eigenvalue weighted by Crippen LogP contribution is -1.96. The average molecular weight is 481 g/mol. The van der Waals surface area contributed by atoms with Crippen LogP contribution in [0, 0.1) is 0 Å². The van der Waals surface area contributed by atoms with Crippen molar-refractivity contribution in [2.45, 2.75) is 136 Å². The van der Waals surface area contributed by atoms with Crippen molar-refractivity contribution in [3.05, 3.63) is 58.7 Å². The number of rotatable bonds is 20. The average Bonchev–Trinajstić information content (AvgIpc) is 2.86. The molecule has 0 saturated carbocycles. The van der Waals surface area contributed by atoms with Crippen LogP contribution < -0.4 is 0 Å². The van der Waals surface area contributed by atoms with Gasteiger partial charge < -0.3 is 10.2 Å². The fourth-order valence-corrected chi connectivity index (χ4v) is 5.08. The van der Waals surface area contributed by atoms with Gasteiger partial charge in [0.2, 0.25) is 0 Å². The number of phenolic OH excluding ortho intramolecular Hbond substituents is 2. The van der Waals surface area contributed by atoms with Gasteiger partial charge in [0.25, 0.3) is 0 Å². The van der Waals surface area contributed by atoms with Crippen LogP contribution in [0.4, 0.5) is 0 Å². The molecule has 0 bridgehead atoms. The number of para-hydroxylation sites is 2. The molecule has 35 heavy (non-hydrogen) atoms. The number of benzene rings is 2. The first-order chi connectivity index (χ1) is 17.2. The number of aromatic hydroxyl groups is 2. The van der Waals surface area contributed by atoms with Crippen LogP contribution in [-0.2, 0) is 19.3 Å². The zero-order valence-electron chi connectivity index (χ0n) is 22.8. The predicted octanol–water partition coefficient (Wildman–Crippen LogP) is 10.1. The molecule has 2 heteroatoms. The van der Waals surface area contributed by atoms with Gasteiger partial charge >= 0.3 is 0 Å². The van der Waals surface area contributed by atoms with E-state index in [4.69, 9.17) is 0 Å². The van der Waals surface area contributed by atoms with Gasteiger partial charge in [-0.05, 0) is 47.9 Å². The highest BCUT2D eigenvalue weighted by Crippen LogP contribution is 2.31. The number of hydrogen-bond donors (Lipinski definition) is 2. The molecule has 2 aromatic rings. The monoisotopic (exact) mass is 480 g/mol. The molecular weight excluding hydrogens is 428 g/mol. The lowest BCUT2D eigenvalue weighted by atomic mass is 9.95. The Labute approximate surface area is 216 Å². The van der Waals surface area contributed by atoms with E-state index < -0.39 is 0 Å². The third kappa shape index (κ3) is 11.5. The van der Waals surface area contributed by atoms with Gasteiger partial charge in [-0.1, -0.05) is 140 Å². The molecule has 2 nitrogen and oxygen atoms in total. The van der Waals surface area contributed by atoms with E-state index in [1.807, 2.05) is 12.1 Å². The molecule has 2 aromatic carbocycles. The lowest BCUT2D eigenvalue weighted by molar-refractivity contribution is 0.453. The molecular formula is C33H52O2. The summed E-state index contributed by atoms with van der Waals surface area (Å²) in [6, 6.07) is 12.2. The van der Waals surface area contributed by atoms with Gasteiger partial charge in [-0.15, -0.1) is 0 Å². The molecule has 0 aromatic heterocycles. The SMILES string of the molecule is CCCCCCCCCCc1cccc(Cc2cccc(CCCCCCCCCC)c2O)c1O. The molecule has 0 unspecified atom stereocenters. The highest BCUT2D eigenvalue weighted by molar-refractivity contribution is 5.47. The van der Waals surface area contributed by atoms with Gasteiger partial charge in [-0.2, -0.15) is 0 Å². The van der Waals surface area contributed by atoms with Crippen LogP contribution in [0.1, 0.15) is 139 Å². The van der Waals surface area contributed by atoms with Crippen LogP contribution in [0.25, 0.3) is 0 Å². The van der Waals surface area contributed by atoms with Crippen molar-refractivity contribution in [1.82, 2.24) is 0 Å². The van der Waals surface area contributed by atoms with E-state index in [2.05, 4.69) is 38.1 Å². The molecule has 0 aliphatic carbocycles. The number of aryl methyl sites for hydroxylation is 2. The van der Waals surface area contributed by atoms with Crippen LogP contribution in [0.2, 0.25) is 0 Å². The molecule has 0 fully saturated rings. The van der Waals surface area contributed by atoms with Gasteiger partial charge in [0.1, 0.15) is 11.5 Å². The summed E-state index contributed by atoms with van der Waals surface area (Å²) >= 11 is 0. The van der Waals surface area contributed by atoms with Gasteiger partial charge in [0, 0.05) is 6.42 Å². The topological polar surface area (TPSA) is 40.5 Å². The molecule has 0 radical (unpaired) electrons. The van der Waals surface area contributed by atoms with Crippen LogP contribution in [0.15, 0.2) is 36.4 Å². The first-order valence-electron chi connectivity index (χ1n) is 14.8. The third-order valence-electron chi connectivity index (χ3n) is 7.39. The van der Waals surface area contributed by atoms with Gasteiger partial charge in [0.15, 0.2) is 0 Å². The molecule has 2 rings (SSSR count). The minimum absolute atomic E-state index is 0.420. The van der Waals surface area contributed by atoms with Crippen LogP contribution in [-0.4, -0.2) is 10.2 Å². The fraction of sp³-hybridized carbons (Fsp3) is 0.636. The highest BCUT2D eigenvalue weighted by Gasteiger charge is 2.12. The number of phenols is 2. The number of hydrogen-bond acceptors (Lipinski definition) is 2. The molecule has 196 valence electrons. The smallest absolute Gasteiger partial charge is 0.122 e. The predicted molar refractivity (Wildman–Crippen MR) is 152 cm³/mol. The minimum Gasteiger partial charge on any atom is -0.507 e. The highest BCUT2D eigenvalue weighted by atomic mass is 16.3. The summed E-state index contributed by atoms with van der Waals surface area (Å²) in [6.07, 6.45) is 23.2. The van der Waals surface area contributed by atoms with Crippen molar-refractivity contribution >= 4 is 0 Å². The lowest BCUT2D eigenvalue weighted by Gasteiger charge is -2.13. The summed E-state index contributed by atoms with van der Waals surface area (Å²) in [7, 11) is 0. The van der Waals surface area contributed by atoms with Crippen molar-refractivity contribution in [3.63, 3.8) is 0 Å². The molecule has 0 heterocycles. The fourth-order valence-electron chi connectivity index (χ4n) is 5.08. The van der Waals surface area contributed by atoms with Crippen LogP contribution >= 0.6 is 0 Å². The summed E-state index contributed by atoms with van der Waals surface area (Å²) in [5, 5.41) is 21.8. The Morgan fingerprint density at radius 3 is 1.11 bits per heavy atom. The molecule has 0 spiro atoms. The molecule has 0 amide bonds. The van der Waals surface area contributed by atoms with E-state index >= 15 is 0 Å². The summed E-state index contributed by atoms with van der Waals surface area (Å²) in [4.78, 5) is 0. The standard InChI is InChI=1S/C33H52O2/c1-3-5-7-9-11-13-15-17-21-28-23-19-25-30(32(28)34)27-31-26-20-24-29(33(31)35)22-18-16-14-12-10-8-6-4-2/h19-20,23-26,34-35H,3-18,21-22,27H2,1-2H3. The molecule has 0 atom stereocenters. The van der Waals surface area contributed by atoms with Gasteiger partial charge in [-0.3, -0.25) is 0 Å². The van der Waals surface area contributed by atoms with Gasteiger partial charge in [0.05, 0.1) is 0 Å². The Morgan fingerprint density at radius 1 is 0.429 bits per heavy atom. The largest absolute Gasteiger partial charge is 0.507 e. The summed E-state index contributed by atoms with van der Waals surface area (Å²) < 4.78 is 0. The Balaban J connectivity index is 1.80. The maximum Gasteiger partial charge on any atom is 0.122 e. The zero-order chi connectivity index (χ0) is 25.1. The molecule has 0 saturated heterocycles. The molecule has 2 N–H and O–H groups in total. The van der Waals surface area contributed by atoms with Crippen molar-refractivity contribution in [2.24, 2.45) is 0 Å². The quantitative estimate of drug-likeness (QED) is 0.185. The van der Waals surface area contributed by atoms with Crippen molar-refractivity contribution < 1.29 is 10.2 Å². The Morgan fingerprint density at radius 2 is 0.743 bits per heavy atom. The van der Waals surface area contributed by atoms with E-state index in [1.165, 1.54) is 89.9 Å². The first kappa shape index (κ1) is 29.3. The Bertz CT molecular complexity index is 743. The van der Waals surface area contributed by atoms with E-state index in [1.54, 1.807) is 0 Å². The number of unbranched alkanes of at least 4 members (excludes halogenated alkanes) is 14. The van der Waals surface area contributed by atoms with E-state index in [0.29, 0.717) is 17.9 Å². The second-order valence-electron chi connectivity index (χ2n) is 10.5. The molecule has 0 aliphatic heterocycles. The summed E-state index contributed by atoms with van der Waals surface area (Å²) in [6.45, 7) is 4.52. The van der Waals surface area contributed by atoms with Crippen molar-refractivity contribution in [3.8, 4) is 11.5 Å². The van der Waals surface area contributed by atoms with E-state index in [9.17, 15) is 10.2 Å². The van der Waals surface area contributed by atoms with Gasteiger partial charge in [-0.25, -0.2) is 0 Å². The normalized spacial score (nSPS) is 11.3. The van der Waals surface area contributed by atoms with Crippen LogP contribution in [0.5, 0.6) is 11.5 Å². The maximum atomic E-state index is 10.9. The summed E-state index contributed by atoms with van der Waals surface area (Å²) in [5.41, 5.74) is 3.93. The van der Waals surface area contributed by atoms with Crippen LogP contribution in [0.3, 0.4) is 0 Å². The second kappa shape index (κ2) is 18.3. The van der Waals surface area contributed by atoms with E-state index in [0.717, 1.165) is 47.9 Å². The Hall–Kier alpha value is -1.96. The van der Waals surface area contributed by atoms with Crippen molar-refractivity contribution in [1.29, 1.82) is 0 Å². The zero-order valence-corrected chi connectivity index (χ0v) is 22.8. The van der Waals surface area contributed by atoms with Crippen molar-refractivity contribution in [2.75, 3.05) is 0 Å². The second-order valence-corrected chi connectivity index (χ2v) is 10.5. The molecule has 0 aliphatic rings. The minimum atomic E-state index is 0.420.